The van der Waals surface area contributed by atoms with E-state index in [4.69, 9.17) is 17.3 Å². The first kappa shape index (κ1) is 15.7. The lowest BCUT2D eigenvalue weighted by atomic mass is 9.89. The lowest BCUT2D eigenvalue weighted by molar-refractivity contribution is 0.362. The van der Waals surface area contributed by atoms with Gasteiger partial charge in [-0.15, -0.1) is 0 Å². The standard InChI is InChI=1S/C17H27ClN2/c1-13(19)11-15-16(18)9-6-10-17(15)20(2)12-14-7-4-3-5-8-14/h6,9-10,13-14H,3-5,7-8,11-12,19H2,1-2H3. The monoisotopic (exact) mass is 294 g/mol. The van der Waals surface area contributed by atoms with Gasteiger partial charge in [0.15, 0.2) is 0 Å². The lowest BCUT2D eigenvalue weighted by Crippen LogP contribution is -2.28. The maximum absolute atomic E-state index is 6.38. The van der Waals surface area contributed by atoms with Crippen molar-refractivity contribution in [2.75, 3.05) is 18.5 Å². The van der Waals surface area contributed by atoms with Crippen LogP contribution in [0.15, 0.2) is 18.2 Å². The van der Waals surface area contributed by atoms with Crippen LogP contribution in [0.2, 0.25) is 5.02 Å². The highest BCUT2D eigenvalue weighted by Gasteiger charge is 2.18. The molecule has 1 aliphatic carbocycles. The molecule has 0 aromatic heterocycles. The topological polar surface area (TPSA) is 29.3 Å². The average molecular weight is 295 g/mol. The largest absolute Gasteiger partial charge is 0.374 e. The SMILES string of the molecule is CC(N)Cc1c(Cl)cccc1N(C)CC1CCCCC1. The van der Waals surface area contributed by atoms with Crippen molar-refractivity contribution in [3.8, 4) is 0 Å². The molecule has 0 bridgehead atoms. The van der Waals surface area contributed by atoms with Crippen molar-refractivity contribution < 1.29 is 0 Å². The highest BCUT2D eigenvalue weighted by atomic mass is 35.5. The molecular weight excluding hydrogens is 268 g/mol. The Kier molecular flexibility index (Phi) is 5.74. The van der Waals surface area contributed by atoms with Gasteiger partial charge in [-0.1, -0.05) is 36.9 Å². The van der Waals surface area contributed by atoms with E-state index in [9.17, 15) is 0 Å². The number of rotatable bonds is 5. The number of nitrogens with two attached hydrogens (primary N) is 1. The van der Waals surface area contributed by atoms with Crippen molar-refractivity contribution in [3.05, 3.63) is 28.8 Å². The second kappa shape index (κ2) is 7.33. The van der Waals surface area contributed by atoms with Crippen molar-refractivity contribution in [1.29, 1.82) is 0 Å². The molecule has 0 aliphatic heterocycles. The summed E-state index contributed by atoms with van der Waals surface area (Å²) in [5, 5.41) is 0.843. The first-order valence-electron chi connectivity index (χ1n) is 7.82. The van der Waals surface area contributed by atoms with Crippen molar-refractivity contribution >= 4 is 17.3 Å². The third kappa shape index (κ3) is 4.13. The summed E-state index contributed by atoms with van der Waals surface area (Å²) >= 11 is 6.38. The Bertz CT molecular complexity index is 425. The molecule has 0 amide bonds. The third-order valence-corrected chi connectivity index (χ3v) is 4.64. The molecular formula is C17H27ClN2. The van der Waals surface area contributed by atoms with Crippen molar-refractivity contribution in [2.45, 2.75) is 51.5 Å². The summed E-state index contributed by atoms with van der Waals surface area (Å²) in [5.74, 6) is 0.830. The highest BCUT2D eigenvalue weighted by molar-refractivity contribution is 6.31. The van der Waals surface area contributed by atoms with Gasteiger partial charge in [-0.3, -0.25) is 0 Å². The molecule has 1 unspecified atom stereocenters. The summed E-state index contributed by atoms with van der Waals surface area (Å²) in [5.41, 5.74) is 8.42. The quantitative estimate of drug-likeness (QED) is 0.880. The second-order valence-corrected chi connectivity index (χ2v) is 6.71. The van der Waals surface area contributed by atoms with Crippen LogP contribution in [-0.2, 0) is 6.42 Å². The van der Waals surface area contributed by atoms with E-state index in [1.54, 1.807) is 0 Å². The first-order valence-corrected chi connectivity index (χ1v) is 8.20. The number of benzene rings is 1. The van der Waals surface area contributed by atoms with Gasteiger partial charge in [-0.05, 0) is 49.8 Å². The zero-order valence-corrected chi connectivity index (χ0v) is 13.5. The average Bonchev–Trinajstić information content (AvgIpc) is 2.41. The van der Waals surface area contributed by atoms with Crippen LogP contribution in [-0.4, -0.2) is 19.6 Å². The van der Waals surface area contributed by atoms with Gasteiger partial charge in [0.2, 0.25) is 0 Å². The Morgan fingerprint density at radius 3 is 2.65 bits per heavy atom. The Hall–Kier alpha value is -0.730. The minimum Gasteiger partial charge on any atom is -0.374 e. The number of halogens is 1. The maximum Gasteiger partial charge on any atom is 0.0459 e. The molecule has 2 N–H and O–H groups in total. The molecule has 0 radical (unpaired) electrons. The minimum absolute atomic E-state index is 0.136. The van der Waals surface area contributed by atoms with Gasteiger partial charge in [0.05, 0.1) is 0 Å². The van der Waals surface area contributed by atoms with Gasteiger partial charge in [0.1, 0.15) is 0 Å². The fourth-order valence-corrected chi connectivity index (χ4v) is 3.53. The van der Waals surface area contributed by atoms with E-state index in [1.165, 1.54) is 43.4 Å². The molecule has 3 heteroatoms. The molecule has 1 aromatic carbocycles. The molecule has 1 aliphatic rings. The van der Waals surface area contributed by atoms with Gasteiger partial charge in [0.25, 0.3) is 0 Å². The third-order valence-electron chi connectivity index (χ3n) is 4.29. The van der Waals surface area contributed by atoms with Crippen molar-refractivity contribution in [3.63, 3.8) is 0 Å². The van der Waals surface area contributed by atoms with Gasteiger partial charge in [-0.2, -0.15) is 0 Å². The Balaban J connectivity index is 2.11. The van der Waals surface area contributed by atoms with Crippen LogP contribution in [0.5, 0.6) is 0 Å². The zero-order valence-electron chi connectivity index (χ0n) is 12.7. The van der Waals surface area contributed by atoms with Gasteiger partial charge in [-0.25, -0.2) is 0 Å². The first-order chi connectivity index (χ1) is 9.58. The molecule has 1 fully saturated rings. The summed E-state index contributed by atoms with van der Waals surface area (Å²) < 4.78 is 0. The predicted octanol–water partition coefficient (Wildman–Crippen LogP) is 4.25. The van der Waals surface area contributed by atoms with Crippen LogP contribution >= 0.6 is 11.6 Å². The molecule has 1 atom stereocenters. The number of nitrogens with zero attached hydrogens (tertiary/aromatic N) is 1. The summed E-state index contributed by atoms with van der Waals surface area (Å²) in [6, 6.07) is 6.32. The van der Waals surface area contributed by atoms with E-state index in [-0.39, 0.29) is 6.04 Å². The van der Waals surface area contributed by atoms with E-state index >= 15 is 0 Å². The van der Waals surface area contributed by atoms with E-state index in [0.717, 1.165) is 23.9 Å². The van der Waals surface area contributed by atoms with Gasteiger partial charge >= 0.3 is 0 Å². The number of hydrogen-bond acceptors (Lipinski definition) is 2. The van der Waals surface area contributed by atoms with E-state index in [2.05, 4.69) is 18.0 Å². The van der Waals surface area contributed by atoms with Crippen molar-refractivity contribution in [1.82, 2.24) is 0 Å². The predicted molar refractivity (Wildman–Crippen MR) is 88.7 cm³/mol. The smallest absolute Gasteiger partial charge is 0.0459 e. The summed E-state index contributed by atoms with van der Waals surface area (Å²) in [6.45, 7) is 3.17. The van der Waals surface area contributed by atoms with Gasteiger partial charge < -0.3 is 10.6 Å². The summed E-state index contributed by atoms with van der Waals surface area (Å²) in [4.78, 5) is 2.37. The minimum atomic E-state index is 0.136. The molecule has 0 spiro atoms. The van der Waals surface area contributed by atoms with Crippen LogP contribution in [0.3, 0.4) is 0 Å². The van der Waals surface area contributed by atoms with E-state index < -0.39 is 0 Å². The number of hydrogen-bond donors (Lipinski definition) is 1. The van der Waals surface area contributed by atoms with Crippen LogP contribution in [0.1, 0.15) is 44.6 Å². The highest BCUT2D eigenvalue weighted by Crippen LogP contribution is 2.31. The molecule has 0 saturated heterocycles. The molecule has 0 heterocycles. The maximum atomic E-state index is 6.38. The van der Waals surface area contributed by atoms with E-state index in [0.29, 0.717) is 0 Å². The van der Waals surface area contributed by atoms with Gasteiger partial charge in [0, 0.05) is 30.3 Å². The van der Waals surface area contributed by atoms with Crippen LogP contribution < -0.4 is 10.6 Å². The molecule has 1 aromatic rings. The second-order valence-electron chi connectivity index (χ2n) is 6.30. The summed E-state index contributed by atoms with van der Waals surface area (Å²) in [7, 11) is 2.19. The Morgan fingerprint density at radius 1 is 1.30 bits per heavy atom. The Morgan fingerprint density at radius 2 is 2.00 bits per heavy atom. The molecule has 20 heavy (non-hydrogen) atoms. The van der Waals surface area contributed by atoms with E-state index in [1.807, 2.05) is 19.1 Å². The molecule has 112 valence electrons. The normalized spacial score (nSPS) is 18.0. The van der Waals surface area contributed by atoms with Crippen molar-refractivity contribution in [2.24, 2.45) is 11.7 Å². The fraction of sp³-hybridized carbons (Fsp3) is 0.647. The lowest BCUT2D eigenvalue weighted by Gasteiger charge is -2.30. The summed E-state index contributed by atoms with van der Waals surface area (Å²) in [6.07, 6.45) is 7.76. The molecule has 2 nitrogen and oxygen atoms in total. The van der Waals surface area contributed by atoms with Crippen LogP contribution in [0.25, 0.3) is 0 Å². The molecule has 1 saturated carbocycles. The Labute approximate surface area is 128 Å². The zero-order chi connectivity index (χ0) is 14.5. The van der Waals surface area contributed by atoms with Crippen LogP contribution in [0, 0.1) is 5.92 Å². The number of anilines is 1. The fourth-order valence-electron chi connectivity index (χ4n) is 3.28. The molecule has 2 rings (SSSR count). The van der Waals surface area contributed by atoms with Crippen LogP contribution in [0.4, 0.5) is 5.69 Å².